The summed E-state index contributed by atoms with van der Waals surface area (Å²) in [7, 11) is 1.91. The van der Waals surface area contributed by atoms with Crippen LogP contribution >= 0.6 is 22.9 Å². The zero-order valence-electron chi connectivity index (χ0n) is 8.62. The van der Waals surface area contributed by atoms with Gasteiger partial charge in [0, 0.05) is 24.0 Å². The summed E-state index contributed by atoms with van der Waals surface area (Å²) in [6.45, 7) is 2.48. The van der Waals surface area contributed by atoms with Gasteiger partial charge in [0.1, 0.15) is 0 Å². The van der Waals surface area contributed by atoms with Gasteiger partial charge >= 0.3 is 0 Å². The second-order valence-corrected chi connectivity index (χ2v) is 5.05. The summed E-state index contributed by atoms with van der Waals surface area (Å²) in [5, 5.41) is 4.37. The first-order valence-electron chi connectivity index (χ1n) is 4.61. The second kappa shape index (κ2) is 3.96. The Kier molecular flexibility index (Phi) is 2.82. The van der Waals surface area contributed by atoms with Crippen LogP contribution in [0, 0.1) is 6.92 Å². The second-order valence-electron chi connectivity index (χ2n) is 3.34. The van der Waals surface area contributed by atoms with Crippen LogP contribution in [-0.2, 0) is 13.6 Å². The molecule has 0 aliphatic carbocycles. The van der Waals surface area contributed by atoms with Crippen LogP contribution in [0.3, 0.4) is 0 Å². The Bertz CT molecular complexity index is 487. The van der Waals surface area contributed by atoms with Gasteiger partial charge in [-0.1, -0.05) is 11.6 Å². The lowest BCUT2D eigenvalue weighted by Crippen LogP contribution is -2.05. The van der Waals surface area contributed by atoms with Gasteiger partial charge in [-0.25, -0.2) is 0 Å². The Morgan fingerprint density at radius 2 is 2.27 bits per heavy atom. The van der Waals surface area contributed by atoms with Gasteiger partial charge < -0.3 is 5.73 Å². The number of aryl methyl sites for hydroxylation is 2. The summed E-state index contributed by atoms with van der Waals surface area (Å²) >= 11 is 7.48. The highest BCUT2D eigenvalue weighted by molar-refractivity contribution is 7.19. The van der Waals surface area contributed by atoms with E-state index in [9.17, 15) is 0 Å². The number of aromatic nitrogens is 2. The van der Waals surface area contributed by atoms with Crippen molar-refractivity contribution in [3.8, 4) is 10.4 Å². The average molecular weight is 242 g/mol. The molecule has 2 heterocycles. The highest BCUT2D eigenvalue weighted by Crippen LogP contribution is 2.34. The number of hydrogen-bond acceptors (Lipinski definition) is 3. The Hall–Kier alpha value is -0.840. The van der Waals surface area contributed by atoms with E-state index in [1.165, 1.54) is 0 Å². The van der Waals surface area contributed by atoms with Crippen LogP contribution in [0.15, 0.2) is 12.1 Å². The predicted molar refractivity (Wildman–Crippen MR) is 64.2 cm³/mol. The van der Waals surface area contributed by atoms with Gasteiger partial charge in [-0.05, 0) is 19.1 Å². The average Bonchev–Trinajstić information content (AvgIpc) is 2.70. The fourth-order valence-corrected chi connectivity index (χ4v) is 2.87. The van der Waals surface area contributed by atoms with Crippen LogP contribution in [-0.4, -0.2) is 9.78 Å². The number of nitrogens with two attached hydrogens (primary N) is 1. The number of halogens is 1. The van der Waals surface area contributed by atoms with E-state index in [0.717, 1.165) is 26.2 Å². The van der Waals surface area contributed by atoms with E-state index in [0.29, 0.717) is 6.54 Å². The number of thiophene rings is 1. The van der Waals surface area contributed by atoms with Gasteiger partial charge in [-0.2, -0.15) is 5.10 Å². The maximum atomic E-state index is 5.93. The molecule has 0 atom stereocenters. The molecule has 0 spiro atoms. The van der Waals surface area contributed by atoms with Gasteiger partial charge in [-0.15, -0.1) is 11.3 Å². The summed E-state index contributed by atoms with van der Waals surface area (Å²) in [5.41, 5.74) is 8.89. The van der Waals surface area contributed by atoms with E-state index in [1.807, 2.05) is 30.8 Å². The first-order valence-corrected chi connectivity index (χ1v) is 5.81. The SMILES string of the molecule is Cc1nn(C)c(CN)c1-c1ccc(Cl)s1. The normalized spacial score (nSPS) is 10.9. The highest BCUT2D eigenvalue weighted by atomic mass is 35.5. The Balaban J connectivity index is 2.61. The molecule has 0 bridgehead atoms. The van der Waals surface area contributed by atoms with Gasteiger partial charge in [0.05, 0.1) is 15.7 Å². The topological polar surface area (TPSA) is 43.8 Å². The molecule has 0 amide bonds. The van der Waals surface area contributed by atoms with Crippen LogP contribution in [0.5, 0.6) is 0 Å². The van der Waals surface area contributed by atoms with E-state index in [4.69, 9.17) is 17.3 Å². The highest BCUT2D eigenvalue weighted by Gasteiger charge is 2.15. The molecular weight excluding hydrogens is 230 g/mol. The molecule has 0 radical (unpaired) electrons. The molecule has 0 saturated heterocycles. The lowest BCUT2D eigenvalue weighted by Gasteiger charge is -2.00. The molecule has 0 aliphatic rings. The number of rotatable bonds is 2. The van der Waals surface area contributed by atoms with E-state index >= 15 is 0 Å². The fourth-order valence-electron chi connectivity index (χ4n) is 1.71. The van der Waals surface area contributed by atoms with Crippen molar-refractivity contribution >= 4 is 22.9 Å². The molecule has 0 aromatic carbocycles. The van der Waals surface area contributed by atoms with E-state index < -0.39 is 0 Å². The molecule has 5 heteroatoms. The Morgan fingerprint density at radius 3 is 2.80 bits per heavy atom. The van der Waals surface area contributed by atoms with Gasteiger partial charge in [0.15, 0.2) is 0 Å². The lowest BCUT2D eigenvalue weighted by atomic mass is 10.1. The first kappa shape index (κ1) is 10.7. The molecule has 2 aromatic rings. The molecule has 0 aliphatic heterocycles. The summed E-state index contributed by atoms with van der Waals surface area (Å²) < 4.78 is 2.62. The predicted octanol–water partition coefficient (Wildman–Crippen LogP) is 2.57. The maximum absolute atomic E-state index is 5.93. The minimum Gasteiger partial charge on any atom is -0.325 e. The molecular formula is C10H12ClN3S. The standard InChI is InChI=1S/C10H12ClN3S/c1-6-10(7(5-12)14(2)13-6)8-3-4-9(11)15-8/h3-4H,5,12H2,1-2H3. The van der Waals surface area contributed by atoms with Crippen molar-refractivity contribution in [3.05, 3.63) is 27.9 Å². The zero-order valence-corrected chi connectivity index (χ0v) is 10.2. The molecule has 2 N–H and O–H groups in total. The van der Waals surface area contributed by atoms with Gasteiger partial charge in [-0.3, -0.25) is 4.68 Å². The van der Waals surface area contributed by atoms with E-state index in [-0.39, 0.29) is 0 Å². The van der Waals surface area contributed by atoms with E-state index in [1.54, 1.807) is 11.3 Å². The molecule has 15 heavy (non-hydrogen) atoms. The molecule has 3 nitrogen and oxygen atoms in total. The molecule has 80 valence electrons. The van der Waals surface area contributed by atoms with Crippen molar-refractivity contribution in [2.75, 3.05) is 0 Å². The summed E-state index contributed by atoms with van der Waals surface area (Å²) in [5.74, 6) is 0. The third kappa shape index (κ3) is 1.80. The van der Waals surface area contributed by atoms with Crippen LogP contribution in [0.1, 0.15) is 11.4 Å². The Morgan fingerprint density at radius 1 is 1.53 bits per heavy atom. The van der Waals surface area contributed by atoms with Crippen LogP contribution in [0.2, 0.25) is 4.34 Å². The van der Waals surface area contributed by atoms with Crippen LogP contribution < -0.4 is 5.73 Å². The van der Waals surface area contributed by atoms with Crippen molar-refractivity contribution in [3.63, 3.8) is 0 Å². The minimum atomic E-state index is 0.488. The lowest BCUT2D eigenvalue weighted by molar-refractivity contribution is 0.706. The minimum absolute atomic E-state index is 0.488. The third-order valence-corrected chi connectivity index (χ3v) is 3.60. The van der Waals surface area contributed by atoms with Crippen molar-refractivity contribution in [1.29, 1.82) is 0 Å². The van der Waals surface area contributed by atoms with Crippen molar-refractivity contribution in [1.82, 2.24) is 9.78 Å². The van der Waals surface area contributed by atoms with Crippen molar-refractivity contribution < 1.29 is 0 Å². The van der Waals surface area contributed by atoms with E-state index in [2.05, 4.69) is 5.10 Å². The van der Waals surface area contributed by atoms with Crippen molar-refractivity contribution in [2.24, 2.45) is 12.8 Å². The van der Waals surface area contributed by atoms with Crippen LogP contribution in [0.25, 0.3) is 10.4 Å². The fraction of sp³-hybridized carbons (Fsp3) is 0.300. The number of hydrogen-bond donors (Lipinski definition) is 1. The molecule has 2 rings (SSSR count). The molecule has 2 aromatic heterocycles. The van der Waals surface area contributed by atoms with Crippen molar-refractivity contribution in [2.45, 2.75) is 13.5 Å². The summed E-state index contributed by atoms with van der Waals surface area (Å²) in [4.78, 5) is 1.13. The Labute approximate surface area is 97.5 Å². The summed E-state index contributed by atoms with van der Waals surface area (Å²) in [6, 6.07) is 3.91. The smallest absolute Gasteiger partial charge is 0.0934 e. The van der Waals surface area contributed by atoms with Gasteiger partial charge in [0.25, 0.3) is 0 Å². The summed E-state index contributed by atoms with van der Waals surface area (Å²) in [6.07, 6.45) is 0. The largest absolute Gasteiger partial charge is 0.325 e. The maximum Gasteiger partial charge on any atom is 0.0934 e. The molecule has 0 fully saturated rings. The van der Waals surface area contributed by atoms with Gasteiger partial charge in [0.2, 0.25) is 0 Å². The molecule has 0 unspecified atom stereocenters. The third-order valence-electron chi connectivity index (χ3n) is 2.35. The zero-order chi connectivity index (χ0) is 11.0. The number of nitrogens with zero attached hydrogens (tertiary/aromatic N) is 2. The monoisotopic (exact) mass is 241 g/mol. The molecule has 0 saturated carbocycles. The van der Waals surface area contributed by atoms with Crippen LogP contribution in [0.4, 0.5) is 0 Å². The quantitative estimate of drug-likeness (QED) is 0.878. The first-order chi connectivity index (χ1) is 7.13.